The van der Waals surface area contributed by atoms with Gasteiger partial charge in [-0.3, -0.25) is 37.3 Å². The Bertz CT molecular complexity index is 1840. The number of hydrogen-bond acceptors (Lipinski definition) is 15. The highest BCUT2D eigenvalue weighted by atomic mass is 31.2. The Morgan fingerprint density at radius 1 is 0.309 bits per heavy atom. The molecular weight excluding hydrogens is 1230 g/mol. The molecule has 0 aliphatic carbocycles. The minimum Gasteiger partial charge on any atom is -0.462 e. The quantitative estimate of drug-likeness (QED) is 0.0222. The number of aliphatic hydroxyl groups excluding tert-OH is 1. The molecule has 17 nitrogen and oxygen atoms in total. The van der Waals surface area contributed by atoms with E-state index >= 15 is 0 Å². The summed E-state index contributed by atoms with van der Waals surface area (Å²) in [5.74, 6) is 0.118. The molecule has 0 bridgehead atoms. The van der Waals surface area contributed by atoms with Gasteiger partial charge >= 0.3 is 39.5 Å². The van der Waals surface area contributed by atoms with Gasteiger partial charge in [0.05, 0.1) is 26.4 Å². The predicted octanol–water partition coefficient (Wildman–Crippen LogP) is 21.8. The van der Waals surface area contributed by atoms with Gasteiger partial charge in [0.15, 0.2) is 12.2 Å². The Kier molecular flexibility index (Phi) is 64.3. The average molecular weight is 1380 g/mol. The maximum absolute atomic E-state index is 13.1. The summed E-state index contributed by atoms with van der Waals surface area (Å²) < 4.78 is 68.5. The van der Waals surface area contributed by atoms with E-state index in [2.05, 4.69) is 48.5 Å². The minimum atomic E-state index is -4.96. The molecule has 558 valence electrons. The lowest BCUT2D eigenvalue weighted by molar-refractivity contribution is -0.161. The van der Waals surface area contributed by atoms with Gasteiger partial charge in [-0.25, -0.2) is 9.13 Å². The van der Waals surface area contributed by atoms with E-state index in [4.69, 9.17) is 37.0 Å². The van der Waals surface area contributed by atoms with Crippen molar-refractivity contribution in [3.05, 3.63) is 0 Å². The smallest absolute Gasteiger partial charge is 0.462 e. The van der Waals surface area contributed by atoms with E-state index < -0.39 is 97.5 Å². The topological polar surface area (TPSA) is 237 Å². The van der Waals surface area contributed by atoms with Gasteiger partial charge < -0.3 is 33.8 Å². The summed E-state index contributed by atoms with van der Waals surface area (Å²) in [6.07, 6.45) is 51.4. The molecule has 94 heavy (non-hydrogen) atoms. The third-order valence-electron chi connectivity index (χ3n) is 17.7. The second-order valence-electron chi connectivity index (χ2n) is 28.2. The highest BCUT2D eigenvalue weighted by Crippen LogP contribution is 2.45. The molecule has 0 aromatic rings. The summed E-state index contributed by atoms with van der Waals surface area (Å²) in [5.41, 5.74) is 0. The molecule has 0 amide bonds. The Morgan fingerprint density at radius 2 is 0.543 bits per heavy atom. The van der Waals surface area contributed by atoms with Crippen LogP contribution in [0.3, 0.4) is 0 Å². The van der Waals surface area contributed by atoms with Gasteiger partial charge in [0.2, 0.25) is 0 Å². The molecule has 0 aromatic carbocycles. The van der Waals surface area contributed by atoms with Gasteiger partial charge in [0.1, 0.15) is 19.3 Å². The van der Waals surface area contributed by atoms with Crippen LogP contribution in [0.4, 0.5) is 0 Å². The Morgan fingerprint density at radius 3 is 0.809 bits per heavy atom. The van der Waals surface area contributed by atoms with E-state index in [1.807, 2.05) is 0 Å². The van der Waals surface area contributed by atoms with E-state index in [-0.39, 0.29) is 25.7 Å². The second kappa shape index (κ2) is 65.7. The molecule has 19 heteroatoms. The lowest BCUT2D eigenvalue weighted by atomic mass is 10.00. The number of rotatable bonds is 73. The van der Waals surface area contributed by atoms with Gasteiger partial charge in [-0.1, -0.05) is 331 Å². The summed E-state index contributed by atoms with van der Waals surface area (Å²) in [5, 5.41) is 10.6. The van der Waals surface area contributed by atoms with Crippen LogP contribution in [-0.2, 0) is 65.4 Å². The van der Waals surface area contributed by atoms with Crippen LogP contribution in [0.1, 0.15) is 382 Å². The third-order valence-corrected chi connectivity index (χ3v) is 19.6. The number of carbonyl (C=O) groups excluding carboxylic acids is 4. The van der Waals surface area contributed by atoms with Crippen molar-refractivity contribution in [2.75, 3.05) is 39.6 Å². The Balaban J connectivity index is 5.25. The van der Waals surface area contributed by atoms with Gasteiger partial charge in [0, 0.05) is 25.7 Å². The number of esters is 4. The zero-order chi connectivity index (χ0) is 69.4. The standard InChI is InChI=1S/C75H146O17P2/c1-8-10-11-12-13-14-15-16-17-18-19-20-21-24-30-35-44-51-58-74(79)91-70(62-85-72(77)56-49-42-34-29-25-22-23-27-32-39-46-53-66(3)4)64-89-93(81,82)87-60-69(76)61-88-94(83,84)90-65-71(63-86-73(78)57-50-43-38-37-41-48-55-68(7)9-2)92-75(80)59-52-45-36-31-26-28-33-40-47-54-67(5)6/h66-71,76H,8-65H2,1-7H3,(H,81,82)(H,83,84)/t68?,69-,70-,71-/m1/s1. The molecule has 0 aliphatic heterocycles. The Labute approximate surface area is 575 Å². The number of aliphatic hydroxyl groups is 1. The van der Waals surface area contributed by atoms with Crippen molar-refractivity contribution >= 4 is 39.5 Å². The summed E-state index contributed by atoms with van der Waals surface area (Å²) in [4.78, 5) is 72.8. The summed E-state index contributed by atoms with van der Waals surface area (Å²) in [6.45, 7) is 11.8. The van der Waals surface area contributed by atoms with Crippen molar-refractivity contribution < 1.29 is 80.2 Å². The molecule has 6 atom stereocenters. The monoisotopic (exact) mass is 1380 g/mol. The molecule has 3 N–H and O–H groups in total. The van der Waals surface area contributed by atoms with Crippen LogP contribution in [-0.4, -0.2) is 96.7 Å². The molecule has 0 aromatic heterocycles. The van der Waals surface area contributed by atoms with Crippen LogP contribution in [0.25, 0.3) is 0 Å². The van der Waals surface area contributed by atoms with Crippen LogP contribution < -0.4 is 0 Å². The fourth-order valence-corrected chi connectivity index (χ4v) is 13.0. The number of hydrogen-bond donors (Lipinski definition) is 3. The molecule has 0 fully saturated rings. The first-order valence-corrected chi connectivity index (χ1v) is 41.9. The van der Waals surface area contributed by atoms with Crippen molar-refractivity contribution in [2.45, 2.75) is 401 Å². The molecule has 0 rings (SSSR count). The SMILES string of the molecule is CCCCCCCCCCCCCCCCCCCCC(=O)O[C@H](COC(=O)CCCCCCCCCCCCCC(C)C)COP(=O)(O)OC[C@@H](O)COP(=O)(O)OC[C@@H](COC(=O)CCCCCCCCC(C)CC)OC(=O)CCCCCCCCCCCC(C)C. The number of phosphoric acid groups is 2. The van der Waals surface area contributed by atoms with Crippen molar-refractivity contribution in [1.82, 2.24) is 0 Å². The zero-order valence-electron chi connectivity index (χ0n) is 61.4. The summed E-state index contributed by atoms with van der Waals surface area (Å²) in [7, 11) is -9.91. The molecule has 0 saturated carbocycles. The first-order chi connectivity index (χ1) is 45.3. The van der Waals surface area contributed by atoms with E-state index in [1.54, 1.807) is 0 Å². The molecule has 0 heterocycles. The molecule has 0 radical (unpaired) electrons. The molecular formula is C75H146O17P2. The number of unbranched alkanes of at least 4 members (excludes halogenated alkanes) is 40. The second-order valence-corrected chi connectivity index (χ2v) is 31.1. The van der Waals surface area contributed by atoms with Crippen LogP contribution in [0.2, 0.25) is 0 Å². The normalized spacial score (nSPS) is 14.4. The highest BCUT2D eigenvalue weighted by molar-refractivity contribution is 7.47. The van der Waals surface area contributed by atoms with Crippen molar-refractivity contribution in [3.8, 4) is 0 Å². The molecule has 0 aliphatic rings. The van der Waals surface area contributed by atoms with Crippen molar-refractivity contribution in [3.63, 3.8) is 0 Å². The fraction of sp³-hybridized carbons (Fsp3) is 0.947. The predicted molar refractivity (Wildman–Crippen MR) is 381 cm³/mol. The van der Waals surface area contributed by atoms with Gasteiger partial charge in [0.25, 0.3) is 0 Å². The largest absolute Gasteiger partial charge is 0.472 e. The maximum atomic E-state index is 13.1. The lowest BCUT2D eigenvalue weighted by Gasteiger charge is -2.21. The third kappa shape index (κ3) is 67.3. The summed E-state index contributed by atoms with van der Waals surface area (Å²) in [6, 6.07) is 0. The average Bonchev–Trinajstić information content (AvgIpc) is 1.62. The fourth-order valence-electron chi connectivity index (χ4n) is 11.4. The maximum Gasteiger partial charge on any atom is 0.472 e. The van der Waals surface area contributed by atoms with Gasteiger partial charge in [-0.15, -0.1) is 0 Å². The van der Waals surface area contributed by atoms with Gasteiger partial charge in [-0.05, 0) is 43.4 Å². The minimum absolute atomic E-state index is 0.104. The Hall–Kier alpha value is -1.94. The zero-order valence-corrected chi connectivity index (χ0v) is 63.2. The van der Waals surface area contributed by atoms with Crippen LogP contribution >= 0.6 is 15.6 Å². The highest BCUT2D eigenvalue weighted by Gasteiger charge is 2.30. The first-order valence-electron chi connectivity index (χ1n) is 38.9. The summed E-state index contributed by atoms with van der Waals surface area (Å²) >= 11 is 0. The van der Waals surface area contributed by atoms with Gasteiger partial charge in [-0.2, -0.15) is 0 Å². The molecule has 0 saturated heterocycles. The number of ether oxygens (including phenoxy) is 4. The van der Waals surface area contributed by atoms with Crippen LogP contribution in [0.5, 0.6) is 0 Å². The van der Waals surface area contributed by atoms with Crippen LogP contribution in [0.15, 0.2) is 0 Å². The van der Waals surface area contributed by atoms with Crippen molar-refractivity contribution in [1.29, 1.82) is 0 Å². The van der Waals surface area contributed by atoms with E-state index in [0.29, 0.717) is 25.7 Å². The molecule has 3 unspecified atom stereocenters. The molecule has 0 spiro atoms. The lowest BCUT2D eigenvalue weighted by Crippen LogP contribution is -2.30. The number of carbonyl (C=O) groups is 4. The first kappa shape index (κ1) is 92.1. The van der Waals surface area contributed by atoms with E-state index in [9.17, 15) is 43.2 Å². The van der Waals surface area contributed by atoms with E-state index in [1.165, 1.54) is 186 Å². The number of phosphoric ester groups is 2. The van der Waals surface area contributed by atoms with E-state index in [0.717, 1.165) is 114 Å². The van der Waals surface area contributed by atoms with Crippen molar-refractivity contribution in [2.24, 2.45) is 17.8 Å². The van der Waals surface area contributed by atoms with Crippen LogP contribution in [0, 0.1) is 17.8 Å².